The lowest BCUT2D eigenvalue weighted by Crippen LogP contribution is -2.37. The summed E-state index contributed by atoms with van der Waals surface area (Å²) in [5, 5.41) is 2.59. The Kier molecular flexibility index (Phi) is 3.23. The highest BCUT2D eigenvalue weighted by atomic mass is 16.5. The van der Waals surface area contributed by atoms with Gasteiger partial charge in [0.05, 0.1) is 0 Å². The van der Waals surface area contributed by atoms with Crippen molar-refractivity contribution in [1.29, 1.82) is 0 Å². The van der Waals surface area contributed by atoms with E-state index in [2.05, 4.69) is 5.32 Å². The second-order valence-corrected chi connectivity index (χ2v) is 5.85. The topological polar surface area (TPSA) is 67.9 Å². The van der Waals surface area contributed by atoms with Gasteiger partial charge in [0, 0.05) is 25.1 Å². The maximum atomic E-state index is 12.0. The zero-order valence-electron chi connectivity index (χ0n) is 12.1. The second-order valence-electron chi connectivity index (χ2n) is 5.85. The maximum Gasteiger partial charge on any atom is 0.324 e. The molecule has 1 N–H and O–H groups in total. The molecule has 0 aromatic heterocycles. The number of urea groups is 1. The quantitative estimate of drug-likeness (QED) is 0.912. The number of amides is 3. The van der Waals surface area contributed by atoms with Gasteiger partial charge in [0.1, 0.15) is 5.60 Å². The van der Waals surface area contributed by atoms with Crippen molar-refractivity contribution in [2.75, 3.05) is 19.7 Å². The van der Waals surface area contributed by atoms with Crippen molar-refractivity contribution in [1.82, 2.24) is 10.2 Å². The lowest BCUT2D eigenvalue weighted by molar-refractivity contribution is -0.129. The third-order valence-corrected chi connectivity index (χ3v) is 3.56. The number of benzene rings is 1. The van der Waals surface area contributed by atoms with Gasteiger partial charge in [-0.15, -0.1) is 0 Å². The minimum absolute atomic E-state index is 0.173. The first kappa shape index (κ1) is 13.7. The Hall–Kier alpha value is -2.24. The molecule has 0 saturated carbocycles. The van der Waals surface area contributed by atoms with Crippen LogP contribution in [0.3, 0.4) is 0 Å². The van der Waals surface area contributed by atoms with E-state index in [0.29, 0.717) is 24.6 Å². The molecule has 2 heterocycles. The van der Waals surface area contributed by atoms with Crippen LogP contribution in [0.4, 0.5) is 4.79 Å². The second kappa shape index (κ2) is 4.95. The lowest BCUT2D eigenvalue weighted by Gasteiger charge is -2.18. The first-order chi connectivity index (χ1) is 9.96. The smallest absolute Gasteiger partial charge is 0.324 e. The van der Waals surface area contributed by atoms with Gasteiger partial charge in [-0.2, -0.15) is 0 Å². The Labute approximate surface area is 123 Å². The molecule has 2 aliphatic heterocycles. The van der Waals surface area contributed by atoms with Crippen LogP contribution in [0.1, 0.15) is 19.4 Å². The molecule has 2 aliphatic rings. The van der Waals surface area contributed by atoms with Crippen LogP contribution in [0.2, 0.25) is 0 Å². The van der Waals surface area contributed by atoms with Crippen molar-refractivity contribution in [3.8, 4) is 11.5 Å². The highest BCUT2D eigenvalue weighted by Gasteiger charge is 2.33. The molecule has 1 fully saturated rings. The summed E-state index contributed by atoms with van der Waals surface area (Å²) in [4.78, 5) is 24.5. The van der Waals surface area contributed by atoms with Gasteiger partial charge < -0.3 is 14.8 Å². The van der Waals surface area contributed by atoms with E-state index in [1.54, 1.807) is 6.07 Å². The fourth-order valence-electron chi connectivity index (χ4n) is 2.63. The summed E-state index contributed by atoms with van der Waals surface area (Å²) in [6.45, 7) is 4.72. The van der Waals surface area contributed by atoms with Gasteiger partial charge in [-0.1, -0.05) is 12.1 Å². The molecule has 0 bridgehead atoms. The van der Waals surface area contributed by atoms with Crippen LogP contribution in [0, 0.1) is 0 Å². The van der Waals surface area contributed by atoms with Crippen molar-refractivity contribution in [2.45, 2.75) is 25.9 Å². The van der Waals surface area contributed by atoms with Crippen LogP contribution in [0.25, 0.3) is 0 Å². The third-order valence-electron chi connectivity index (χ3n) is 3.56. The van der Waals surface area contributed by atoms with Gasteiger partial charge in [-0.05, 0) is 19.9 Å². The minimum Gasteiger partial charge on any atom is -0.483 e. The van der Waals surface area contributed by atoms with Gasteiger partial charge in [-0.25, -0.2) is 4.79 Å². The predicted molar refractivity (Wildman–Crippen MR) is 75.5 cm³/mol. The van der Waals surface area contributed by atoms with Gasteiger partial charge in [0.2, 0.25) is 0 Å². The summed E-state index contributed by atoms with van der Waals surface area (Å²) in [6, 6.07) is 5.29. The standard InChI is InChI=1S/C15H18N2O4/c1-15(2)8-10-4-3-5-11(13(10)21-15)20-9-12(18)17-7-6-16-14(17)19/h3-5H,6-9H2,1-2H3,(H,16,19). The molecular formula is C15H18N2O4. The first-order valence-corrected chi connectivity index (χ1v) is 6.98. The molecule has 21 heavy (non-hydrogen) atoms. The highest BCUT2D eigenvalue weighted by molar-refractivity contribution is 5.96. The van der Waals surface area contributed by atoms with Crippen LogP contribution < -0.4 is 14.8 Å². The van der Waals surface area contributed by atoms with Crippen LogP contribution in [-0.4, -0.2) is 42.1 Å². The van der Waals surface area contributed by atoms with Crippen LogP contribution in [-0.2, 0) is 11.2 Å². The van der Waals surface area contributed by atoms with E-state index in [0.717, 1.165) is 16.9 Å². The van der Waals surface area contributed by atoms with Crippen LogP contribution in [0.5, 0.6) is 11.5 Å². The molecule has 3 amide bonds. The molecule has 0 aliphatic carbocycles. The van der Waals surface area contributed by atoms with Gasteiger partial charge >= 0.3 is 6.03 Å². The number of para-hydroxylation sites is 1. The van der Waals surface area contributed by atoms with E-state index in [1.165, 1.54) is 0 Å². The molecule has 1 aromatic carbocycles. The SMILES string of the molecule is CC1(C)Cc2cccc(OCC(=O)N3CCNC3=O)c2O1. The lowest BCUT2D eigenvalue weighted by atomic mass is 10.0. The van der Waals surface area contributed by atoms with Crippen LogP contribution >= 0.6 is 0 Å². The molecular weight excluding hydrogens is 272 g/mol. The Morgan fingerprint density at radius 3 is 3.00 bits per heavy atom. The summed E-state index contributed by atoms with van der Waals surface area (Å²) in [5.74, 6) is 0.895. The highest BCUT2D eigenvalue weighted by Crippen LogP contribution is 2.41. The van der Waals surface area contributed by atoms with E-state index in [9.17, 15) is 9.59 Å². The van der Waals surface area contributed by atoms with Gasteiger partial charge in [-0.3, -0.25) is 9.69 Å². The third kappa shape index (κ3) is 2.66. The number of hydrogen-bond acceptors (Lipinski definition) is 4. The van der Waals surface area contributed by atoms with E-state index in [1.807, 2.05) is 26.0 Å². The average molecular weight is 290 g/mol. The van der Waals surface area contributed by atoms with Crippen molar-refractivity contribution in [2.24, 2.45) is 0 Å². The van der Waals surface area contributed by atoms with E-state index >= 15 is 0 Å². The number of ether oxygens (including phenoxy) is 2. The van der Waals surface area contributed by atoms with Crippen molar-refractivity contribution < 1.29 is 19.1 Å². The Bertz CT molecular complexity index is 597. The Morgan fingerprint density at radius 1 is 1.48 bits per heavy atom. The molecule has 1 aromatic rings. The molecule has 0 unspecified atom stereocenters. The zero-order chi connectivity index (χ0) is 15.0. The summed E-state index contributed by atoms with van der Waals surface area (Å²) >= 11 is 0. The van der Waals surface area contributed by atoms with E-state index in [4.69, 9.17) is 9.47 Å². The number of carbonyl (C=O) groups excluding carboxylic acids is 2. The fraction of sp³-hybridized carbons (Fsp3) is 0.467. The number of hydrogen-bond donors (Lipinski definition) is 1. The first-order valence-electron chi connectivity index (χ1n) is 6.98. The van der Waals surface area contributed by atoms with E-state index < -0.39 is 0 Å². The summed E-state index contributed by atoms with van der Waals surface area (Å²) in [7, 11) is 0. The Morgan fingerprint density at radius 2 is 2.29 bits per heavy atom. The normalized spacial score (nSPS) is 19.0. The molecule has 0 spiro atoms. The minimum atomic E-state index is -0.362. The molecule has 0 radical (unpaired) electrons. The van der Waals surface area contributed by atoms with Crippen molar-refractivity contribution in [3.63, 3.8) is 0 Å². The molecule has 6 nitrogen and oxygen atoms in total. The fourth-order valence-corrected chi connectivity index (χ4v) is 2.63. The van der Waals surface area contributed by atoms with Gasteiger partial charge in [0.15, 0.2) is 18.1 Å². The largest absolute Gasteiger partial charge is 0.483 e. The summed E-state index contributed by atoms with van der Waals surface area (Å²) in [6.07, 6.45) is 0.808. The molecule has 0 atom stereocenters. The Balaban J connectivity index is 1.68. The molecule has 112 valence electrons. The van der Waals surface area contributed by atoms with Crippen molar-refractivity contribution >= 4 is 11.9 Å². The predicted octanol–water partition coefficient (Wildman–Crippen LogP) is 1.33. The molecule has 3 rings (SSSR count). The number of rotatable bonds is 3. The summed E-state index contributed by atoms with van der Waals surface area (Å²) < 4.78 is 11.4. The zero-order valence-corrected chi connectivity index (χ0v) is 12.1. The monoisotopic (exact) mass is 290 g/mol. The number of nitrogens with one attached hydrogen (secondary N) is 1. The maximum absolute atomic E-state index is 12.0. The summed E-state index contributed by atoms with van der Waals surface area (Å²) in [5.41, 5.74) is 0.810. The molecule has 6 heteroatoms. The molecule has 1 saturated heterocycles. The average Bonchev–Trinajstić information content (AvgIpc) is 2.97. The van der Waals surface area contributed by atoms with Crippen molar-refractivity contribution in [3.05, 3.63) is 23.8 Å². The number of fused-ring (bicyclic) bond motifs is 1. The number of nitrogens with zero attached hydrogens (tertiary/aromatic N) is 1. The number of imide groups is 1. The number of carbonyl (C=O) groups is 2. The van der Waals surface area contributed by atoms with Gasteiger partial charge in [0.25, 0.3) is 5.91 Å². The van der Waals surface area contributed by atoms with E-state index in [-0.39, 0.29) is 24.1 Å². The van der Waals surface area contributed by atoms with Crippen LogP contribution in [0.15, 0.2) is 18.2 Å².